The van der Waals surface area contributed by atoms with E-state index in [1.165, 1.54) is 24.2 Å². The van der Waals surface area contributed by atoms with E-state index in [9.17, 15) is 18.3 Å². The highest BCUT2D eigenvalue weighted by atomic mass is 35.5. The van der Waals surface area contributed by atoms with Crippen molar-refractivity contribution >= 4 is 38.9 Å². The number of benzene rings is 1. The summed E-state index contributed by atoms with van der Waals surface area (Å²) in [6.45, 7) is 4.41. The highest BCUT2D eigenvalue weighted by Gasteiger charge is 2.30. The minimum Gasteiger partial charge on any atom is -0.481 e. The number of fused-ring (bicyclic) bond motifs is 1. The molecule has 1 aromatic carbocycles. The van der Waals surface area contributed by atoms with E-state index in [0.717, 1.165) is 34.9 Å². The van der Waals surface area contributed by atoms with Crippen LogP contribution in [0.1, 0.15) is 43.4 Å². The van der Waals surface area contributed by atoms with E-state index < -0.39 is 22.1 Å². The zero-order valence-corrected chi connectivity index (χ0v) is 22.1. The number of hydrogen-bond donors (Lipinski definition) is 3. The molecule has 1 aliphatic rings. The molecule has 34 heavy (non-hydrogen) atoms. The van der Waals surface area contributed by atoms with E-state index in [-0.39, 0.29) is 40.0 Å². The third kappa shape index (κ3) is 7.02. The molecule has 0 saturated carbocycles. The van der Waals surface area contributed by atoms with Gasteiger partial charge in [0.1, 0.15) is 4.21 Å². The Bertz CT molecular complexity index is 1090. The summed E-state index contributed by atoms with van der Waals surface area (Å²) < 4.78 is 27.3. The minimum absolute atomic E-state index is 0.0432. The fourth-order valence-corrected chi connectivity index (χ4v) is 7.74. The summed E-state index contributed by atoms with van der Waals surface area (Å²) in [6.07, 6.45) is 2.22. The van der Waals surface area contributed by atoms with Gasteiger partial charge >= 0.3 is 5.97 Å². The lowest BCUT2D eigenvalue weighted by atomic mass is 9.88. The van der Waals surface area contributed by atoms with Crippen LogP contribution in [0.2, 0.25) is 4.34 Å². The van der Waals surface area contributed by atoms with Gasteiger partial charge in [-0.3, -0.25) is 4.79 Å². The molecule has 0 unspecified atom stereocenters. The average molecular weight is 529 g/mol. The molecule has 1 aliphatic carbocycles. The number of nitrogens with one attached hydrogen (secondary N) is 1. The van der Waals surface area contributed by atoms with Crippen molar-refractivity contribution in [2.24, 2.45) is 5.92 Å². The molecule has 0 radical (unpaired) electrons. The van der Waals surface area contributed by atoms with Crippen molar-refractivity contribution in [2.45, 2.75) is 61.8 Å². The fourth-order valence-electron chi connectivity index (χ4n) is 4.52. The molecule has 0 bridgehead atoms. The molecule has 3 N–H and O–H groups in total. The highest BCUT2D eigenvalue weighted by Crippen LogP contribution is 2.34. The number of aliphatic carboxylic acids is 1. The van der Waals surface area contributed by atoms with Crippen molar-refractivity contribution in [3.05, 3.63) is 51.4 Å². The number of carbonyl (C=O) groups is 1. The van der Waals surface area contributed by atoms with E-state index in [4.69, 9.17) is 16.7 Å². The number of rotatable bonds is 12. The SMILES string of the molecule is CN(C[C@H](O)CNC(C)(C)CC1Cc2ccccc2C1)S(=O)(=O)c1cc(CCC(=O)O)c(Cl)s1. The topological polar surface area (TPSA) is 107 Å². The van der Waals surface area contributed by atoms with Crippen molar-refractivity contribution in [3.8, 4) is 0 Å². The first kappa shape index (κ1) is 27.1. The smallest absolute Gasteiger partial charge is 0.303 e. The standard InChI is InChI=1S/C24H33ClN2O5S2/c1-24(2,13-16-10-17-6-4-5-7-18(17)11-16)26-14-20(28)15-27(3)34(31,32)22-12-19(23(25)33-22)8-9-21(29)30/h4-7,12,16,20,26,28H,8-11,13-15H2,1-3H3,(H,29,30)/t20-/m1/s1. The second kappa shape index (κ2) is 11.1. The van der Waals surface area contributed by atoms with Crippen molar-refractivity contribution in [2.75, 3.05) is 20.1 Å². The average Bonchev–Trinajstić information content (AvgIpc) is 3.33. The number of thiophene rings is 1. The first-order chi connectivity index (χ1) is 15.9. The van der Waals surface area contributed by atoms with Crippen LogP contribution in [0.5, 0.6) is 0 Å². The summed E-state index contributed by atoms with van der Waals surface area (Å²) >= 11 is 7.03. The number of carboxylic acid groups (broad SMARTS) is 1. The quantitative estimate of drug-likeness (QED) is 0.389. The Morgan fingerprint density at radius 2 is 1.91 bits per heavy atom. The molecule has 0 saturated heterocycles. The van der Waals surface area contributed by atoms with Gasteiger partial charge in [-0.1, -0.05) is 35.9 Å². The van der Waals surface area contributed by atoms with Crippen molar-refractivity contribution in [1.82, 2.24) is 9.62 Å². The van der Waals surface area contributed by atoms with E-state index >= 15 is 0 Å². The van der Waals surface area contributed by atoms with E-state index in [2.05, 4.69) is 43.4 Å². The molecule has 7 nitrogen and oxygen atoms in total. The van der Waals surface area contributed by atoms with Crippen molar-refractivity contribution < 1.29 is 23.4 Å². The molecule has 0 aliphatic heterocycles. The molecule has 188 valence electrons. The zero-order chi connectivity index (χ0) is 25.1. The summed E-state index contributed by atoms with van der Waals surface area (Å²) in [5.74, 6) is -0.432. The van der Waals surface area contributed by atoms with Crippen molar-refractivity contribution in [3.63, 3.8) is 0 Å². The van der Waals surface area contributed by atoms with Gasteiger partial charge < -0.3 is 15.5 Å². The van der Waals surface area contributed by atoms with Gasteiger partial charge in [-0.25, -0.2) is 8.42 Å². The third-order valence-electron chi connectivity index (χ3n) is 6.23. The molecule has 3 rings (SSSR count). The Labute approximate surface area is 210 Å². The first-order valence-corrected chi connectivity index (χ1v) is 14.0. The normalized spacial score (nSPS) is 15.6. The number of β-amino-alcohol motifs (C(OH)–C–C–N with tert-alkyl or cyclic N) is 1. The second-order valence-corrected chi connectivity index (χ2v) is 13.6. The number of nitrogens with zero attached hydrogens (tertiary/aromatic N) is 1. The Kier molecular flexibility index (Phi) is 8.81. The number of sulfonamides is 1. The second-order valence-electron chi connectivity index (χ2n) is 9.71. The lowest BCUT2D eigenvalue weighted by molar-refractivity contribution is -0.136. The van der Waals surface area contributed by atoms with Gasteiger partial charge in [0.15, 0.2) is 0 Å². The van der Waals surface area contributed by atoms with Crippen LogP contribution in [-0.2, 0) is 34.1 Å². The van der Waals surface area contributed by atoms with Gasteiger partial charge in [-0.05, 0) is 68.2 Å². The number of carboxylic acids is 1. The maximum atomic E-state index is 12.9. The molecule has 10 heteroatoms. The number of hydrogen-bond acceptors (Lipinski definition) is 6. The summed E-state index contributed by atoms with van der Waals surface area (Å²) in [5.41, 5.74) is 3.12. The minimum atomic E-state index is -3.85. The van der Waals surface area contributed by atoms with Crippen LogP contribution in [0, 0.1) is 5.92 Å². The predicted molar refractivity (Wildman–Crippen MR) is 135 cm³/mol. The number of aliphatic hydroxyl groups excluding tert-OH is 1. The molecule has 2 aromatic rings. The Morgan fingerprint density at radius 1 is 1.29 bits per heavy atom. The summed E-state index contributed by atoms with van der Waals surface area (Å²) in [7, 11) is -2.42. The molecular weight excluding hydrogens is 496 g/mol. The predicted octanol–water partition coefficient (Wildman–Crippen LogP) is 3.57. The van der Waals surface area contributed by atoms with Crippen LogP contribution in [-0.4, -0.2) is 60.7 Å². The lowest BCUT2D eigenvalue weighted by Crippen LogP contribution is -2.47. The highest BCUT2D eigenvalue weighted by molar-refractivity contribution is 7.91. The lowest BCUT2D eigenvalue weighted by Gasteiger charge is -2.31. The maximum absolute atomic E-state index is 12.9. The van der Waals surface area contributed by atoms with Gasteiger partial charge in [0, 0.05) is 32.1 Å². The van der Waals surface area contributed by atoms with Gasteiger partial charge in [0.25, 0.3) is 10.0 Å². The maximum Gasteiger partial charge on any atom is 0.303 e. The Morgan fingerprint density at radius 3 is 2.50 bits per heavy atom. The van der Waals surface area contributed by atoms with Crippen molar-refractivity contribution in [1.29, 1.82) is 0 Å². The van der Waals surface area contributed by atoms with Gasteiger partial charge in [-0.15, -0.1) is 11.3 Å². The molecule has 1 atom stereocenters. The monoisotopic (exact) mass is 528 g/mol. The van der Waals surface area contributed by atoms with Crippen LogP contribution in [0.25, 0.3) is 0 Å². The van der Waals surface area contributed by atoms with Gasteiger partial charge in [0.2, 0.25) is 0 Å². The molecule has 0 fully saturated rings. The molecule has 1 aromatic heterocycles. The molecule has 0 spiro atoms. The Balaban J connectivity index is 1.51. The largest absolute Gasteiger partial charge is 0.481 e. The van der Waals surface area contributed by atoms with Crippen LogP contribution < -0.4 is 5.32 Å². The summed E-state index contributed by atoms with van der Waals surface area (Å²) in [5, 5.41) is 22.8. The number of aryl methyl sites for hydroxylation is 1. The summed E-state index contributed by atoms with van der Waals surface area (Å²) in [6, 6.07) is 9.95. The van der Waals surface area contributed by atoms with Crippen LogP contribution in [0.3, 0.4) is 0 Å². The number of likely N-dealkylation sites (N-methyl/N-ethyl adjacent to an activating group) is 1. The van der Waals surface area contributed by atoms with Crippen LogP contribution in [0.4, 0.5) is 0 Å². The number of halogens is 1. The fraction of sp³-hybridized carbons (Fsp3) is 0.542. The first-order valence-electron chi connectivity index (χ1n) is 11.3. The van der Waals surface area contributed by atoms with E-state index in [0.29, 0.717) is 11.5 Å². The molecule has 1 heterocycles. The van der Waals surface area contributed by atoms with Gasteiger partial charge in [0.05, 0.1) is 10.4 Å². The third-order valence-corrected chi connectivity index (χ3v) is 9.94. The summed E-state index contributed by atoms with van der Waals surface area (Å²) in [4.78, 5) is 10.8. The van der Waals surface area contributed by atoms with E-state index in [1.54, 1.807) is 0 Å². The molecule has 0 amide bonds. The zero-order valence-electron chi connectivity index (χ0n) is 19.8. The van der Waals surface area contributed by atoms with Crippen LogP contribution >= 0.6 is 22.9 Å². The van der Waals surface area contributed by atoms with Gasteiger partial charge in [-0.2, -0.15) is 4.31 Å². The van der Waals surface area contributed by atoms with Crippen LogP contribution in [0.15, 0.2) is 34.5 Å². The Hall–Kier alpha value is -1.49. The molecular formula is C24H33ClN2O5S2. The number of aliphatic hydroxyl groups is 1. The van der Waals surface area contributed by atoms with E-state index in [1.807, 2.05) is 0 Å².